The first-order valence-corrected chi connectivity index (χ1v) is 7.69. The van der Waals surface area contributed by atoms with Crippen LogP contribution in [0.15, 0.2) is 18.2 Å². The van der Waals surface area contributed by atoms with Crippen molar-refractivity contribution >= 4 is 27.5 Å². The van der Waals surface area contributed by atoms with Crippen molar-refractivity contribution in [2.75, 3.05) is 11.9 Å². The van der Waals surface area contributed by atoms with Gasteiger partial charge in [-0.15, -0.1) is 0 Å². The summed E-state index contributed by atoms with van der Waals surface area (Å²) in [7, 11) is 0. The molecule has 6 heteroatoms. The standard InChI is InChI=1S/C14H17BrN2O3/c1-10-2-3-11(8-12(10)17(19)20)13(18)16-9-14(4-5-14)6-7-15/h2-3,8H,4-7,9H2,1H3,(H,16,18). The van der Waals surface area contributed by atoms with Crippen LogP contribution in [-0.2, 0) is 0 Å². The number of carbonyl (C=O) groups is 1. The molecule has 0 heterocycles. The summed E-state index contributed by atoms with van der Waals surface area (Å²) in [4.78, 5) is 22.5. The minimum atomic E-state index is -0.459. The second-order valence-electron chi connectivity index (χ2n) is 5.38. The Morgan fingerprint density at radius 1 is 1.50 bits per heavy atom. The van der Waals surface area contributed by atoms with Gasteiger partial charge in [0.15, 0.2) is 0 Å². The van der Waals surface area contributed by atoms with Gasteiger partial charge < -0.3 is 5.32 Å². The van der Waals surface area contributed by atoms with Crippen LogP contribution in [0.25, 0.3) is 0 Å². The van der Waals surface area contributed by atoms with E-state index in [1.54, 1.807) is 19.1 Å². The van der Waals surface area contributed by atoms with Crippen LogP contribution in [0, 0.1) is 22.5 Å². The average molecular weight is 341 g/mol. The quantitative estimate of drug-likeness (QED) is 0.491. The lowest BCUT2D eigenvalue weighted by atomic mass is 10.0. The number of benzene rings is 1. The zero-order valence-electron chi connectivity index (χ0n) is 11.3. The number of nitrogens with one attached hydrogen (secondary N) is 1. The third-order valence-electron chi connectivity index (χ3n) is 3.87. The van der Waals surface area contributed by atoms with E-state index in [1.165, 1.54) is 6.07 Å². The summed E-state index contributed by atoms with van der Waals surface area (Å²) in [5, 5.41) is 14.7. The molecule has 1 aromatic carbocycles. The van der Waals surface area contributed by atoms with E-state index in [1.807, 2.05) is 0 Å². The molecule has 1 N–H and O–H groups in total. The Balaban J connectivity index is 2.03. The number of carbonyl (C=O) groups excluding carboxylic acids is 1. The molecule has 5 nitrogen and oxygen atoms in total. The average Bonchev–Trinajstić information content (AvgIpc) is 3.17. The monoisotopic (exact) mass is 340 g/mol. The molecule has 2 rings (SSSR count). The molecule has 0 bridgehead atoms. The minimum Gasteiger partial charge on any atom is -0.351 e. The second kappa shape index (κ2) is 5.91. The van der Waals surface area contributed by atoms with Gasteiger partial charge in [-0.25, -0.2) is 0 Å². The Morgan fingerprint density at radius 2 is 2.20 bits per heavy atom. The molecule has 1 saturated carbocycles. The molecule has 0 aliphatic heterocycles. The first-order chi connectivity index (χ1) is 9.47. The van der Waals surface area contributed by atoms with Crippen molar-refractivity contribution in [1.82, 2.24) is 5.32 Å². The van der Waals surface area contributed by atoms with Crippen LogP contribution < -0.4 is 5.32 Å². The zero-order chi connectivity index (χ0) is 14.8. The summed E-state index contributed by atoms with van der Waals surface area (Å²) in [6.07, 6.45) is 3.31. The highest BCUT2D eigenvalue weighted by Crippen LogP contribution is 2.48. The number of nitro groups is 1. The molecule has 0 saturated heterocycles. The van der Waals surface area contributed by atoms with Gasteiger partial charge in [-0.3, -0.25) is 14.9 Å². The summed E-state index contributed by atoms with van der Waals surface area (Å²) >= 11 is 3.42. The maximum absolute atomic E-state index is 12.1. The number of amides is 1. The number of halogens is 1. The van der Waals surface area contributed by atoms with Crippen molar-refractivity contribution in [3.05, 3.63) is 39.4 Å². The summed E-state index contributed by atoms with van der Waals surface area (Å²) in [6, 6.07) is 4.58. The molecule has 1 aromatic rings. The summed E-state index contributed by atoms with van der Waals surface area (Å²) in [5.41, 5.74) is 1.12. The third-order valence-corrected chi connectivity index (χ3v) is 4.27. The smallest absolute Gasteiger partial charge is 0.273 e. The van der Waals surface area contributed by atoms with Crippen LogP contribution in [0.1, 0.15) is 35.2 Å². The fraction of sp³-hybridized carbons (Fsp3) is 0.500. The van der Waals surface area contributed by atoms with Crippen molar-refractivity contribution in [3.63, 3.8) is 0 Å². The van der Waals surface area contributed by atoms with E-state index >= 15 is 0 Å². The van der Waals surface area contributed by atoms with Gasteiger partial charge in [0.25, 0.3) is 11.6 Å². The number of hydrogen-bond acceptors (Lipinski definition) is 3. The number of hydrogen-bond donors (Lipinski definition) is 1. The van der Waals surface area contributed by atoms with Crippen molar-refractivity contribution in [3.8, 4) is 0 Å². The van der Waals surface area contributed by atoms with E-state index < -0.39 is 4.92 Å². The molecule has 0 aromatic heterocycles. The van der Waals surface area contributed by atoms with Crippen molar-refractivity contribution in [1.29, 1.82) is 0 Å². The lowest BCUT2D eigenvalue weighted by Crippen LogP contribution is -2.30. The molecule has 0 atom stereocenters. The highest BCUT2D eigenvalue weighted by Gasteiger charge is 2.41. The second-order valence-corrected chi connectivity index (χ2v) is 6.17. The van der Waals surface area contributed by atoms with Crippen LogP contribution in [0.3, 0.4) is 0 Å². The first kappa shape index (κ1) is 15.0. The number of nitro benzene ring substituents is 1. The summed E-state index contributed by atoms with van der Waals surface area (Å²) in [5.74, 6) is -0.242. The van der Waals surface area contributed by atoms with E-state index in [0.29, 0.717) is 17.7 Å². The Kier molecular flexibility index (Phi) is 4.42. The molecule has 0 unspecified atom stereocenters. The number of nitrogens with zero attached hydrogens (tertiary/aromatic N) is 1. The number of rotatable bonds is 6. The molecule has 1 aliphatic rings. The zero-order valence-corrected chi connectivity index (χ0v) is 12.9. The van der Waals surface area contributed by atoms with E-state index in [0.717, 1.165) is 24.6 Å². The van der Waals surface area contributed by atoms with Crippen molar-refractivity contribution in [2.45, 2.75) is 26.2 Å². The van der Waals surface area contributed by atoms with Gasteiger partial charge in [0.2, 0.25) is 0 Å². The van der Waals surface area contributed by atoms with E-state index in [9.17, 15) is 14.9 Å². The third kappa shape index (κ3) is 3.36. The highest BCUT2D eigenvalue weighted by atomic mass is 79.9. The van der Waals surface area contributed by atoms with Gasteiger partial charge in [-0.1, -0.05) is 22.0 Å². The number of alkyl halides is 1. The maximum Gasteiger partial charge on any atom is 0.273 e. The Hall–Kier alpha value is -1.43. The Morgan fingerprint density at radius 3 is 2.75 bits per heavy atom. The van der Waals surface area contributed by atoms with Crippen molar-refractivity contribution < 1.29 is 9.72 Å². The lowest BCUT2D eigenvalue weighted by molar-refractivity contribution is -0.385. The minimum absolute atomic E-state index is 0.0146. The molecule has 1 fully saturated rings. The predicted molar refractivity (Wildman–Crippen MR) is 80.2 cm³/mol. The number of aryl methyl sites for hydroxylation is 1. The fourth-order valence-electron chi connectivity index (χ4n) is 2.21. The molecule has 108 valence electrons. The van der Waals surface area contributed by atoms with E-state index in [4.69, 9.17) is 0 Å². The molecule has 1 aliphatic carbocycles. The summed E-state index contributed by atoms with van der Waals surface area (Å²) < 4.78 is 0. The van der Waals surface area contributed by atoms with E-state index in [-0.39, 0.29) is 17.0 Å². The molecule has 0 radical (unpaired) electrons. The molecular weight excluding hydrogens is 324 g/mol. The highest BCUT2D eigenvalue weighted by molar-refractivity contribution is 9.09. The summed E-state index contributed by atoms with van der Waals surface area (Å²) in [6.45, 7) is 2.30. The van der Waals surface area contributed by atoms with Crippen LogP contribution >= 0.6 is 15.9 Å². The topological polar surface area (TPSA) is 72.2 Å². The van der Waals surface area contributed by atoms with Gasteiger partial charge in [0.1, 0.15) is 0 Å². The lowest BCUT2D eigenvalue weighted by Gasteiger charge is -2.14. The molecule has 20 heavy (non-hydrogen) atoms. The van der Waals surface area contributed by atoms with Crippen LogP contribution in [0.5, 0.6) is 0 Å². The van der Waals surface area contributed by atoms with Gasteiger partial charge in [-0.05, 0) is 37.7 Å². The Bertz CT molecular complexity index is 541. The first-order valence-electron chi connectivity index (χ1n) is 6.57. The van der Waals surface area contributed by atoms with Crippen LogP contribution in [-0.4, -0.2) is 22.7 Å². The van der Waals surface area contributed by atoms with E-state index in [2.05, 4.69) is 21.2 Å². The van der Waals surface area contributed by atoms with Crippen molar-refractivity contribution in [2.24, 2.45) is 5.41 Å². The molecule has 1 amide bonds. The molecule has 0 spiro atoms. The van der Waals surface area contributed by atoms with Crippen LogP contribution in [0.2, 0.25) is 0 Å². The largest absolute Gasteiger partial charge is 0.351 e. The normalized spacial score (nSPS) is 15.7. The SMILES string of the molecule is Cc1ccc(C(=O)NCC2(CCBr)CC2)cc1[N+](=O)[O-]. The van der Waals surface area contributed by atoms with Gasteiger partial charge in [-0.2, -0.15) is 0 Å². The molecular formula is C14H17BrN2O3. The Labute approximate surface area is 126 Å². The van der Waals surface area contributed by atoms with Crippen LogP contribution in [0.4, 0.5) is 5.69 Å². The fourth-order valence-corrected chi connectivity index (χ4v) is 3.05. The predicted octanol–water partition coefficient (Wildman–Crippen LogP) is 3.20. The maximum atomic E-state index is 12.1. The van der Waals surface area contributed by atoms with Gasteiger partial charge in [0, 0.05) is 29.1 Å². The van der Waals surface area contributed by atoms with Gasteiger partial charge in [0.05, 0.1) is 4.92 Å². The van der Waals surface area contributed by atoms with Gasteiger partial charge >= 0.3 is 0 Å².